The first-order chi connectivity index (χ1) is 11.6. The molecule has 0 aliphatic carbocycles. The van der Waals surface area contributed by atoms with Crippen LogP contribution >= 0.6 is 0 Å². The lowest BCUT2D eigenvalue weighted by Crippen LogP contribution is -2.44. The van der Waals surface area contributed by atoms with E-state index in [1.807, 2.05) is 30.3 Å². The standard InChI is InChI=1S/C19H20BNO3/c1-20(24)21-18(12-17(13-22)19(21)23)11-14-7-9-16(10-8-14)15-5-3-2-4-6-15/h2-10,13,18,22,24H,11-12H2,1H3/b17-13+/t18-/m1/s1. The van der Waals surface area contributed by atoms with E-state index in [4.69, 9.17) is 0 Å². The summed E-state index contributed by atoms with van der Waals surface area (Å²) in [5.41, 5.74) is 3.75. The summed E-state index contributed by atoms with van der Waals surface area (Å²) >= 11 is 0. The van der Waals surface area contributed by atoms with Crippen molar-refractivity contribution in [2.45, 2.75) is 25.7 Å². The van der Waals surface area contributed by atoms with E-state index in [1.54, 1.807) is 6.82 Å². The number of benzene rings is 2. The van der Waals surface area contributed by atoms with Crippen LogP contribution in [-0.4, -0.2) is 33.9 Å². The Morgan fingerprint density at radius 2 is 1.75 bits per heavy atom. The maximum atomic E-state index is 12.2. The molecule has 1 atom stereocenters. The van der Waals surface area contributed by atoms with E-state index in [2.05, 4.69) is 24.3 Å². The molecule has 122 valence electrons. The van der Waals surface area contributed by atoms with Gasteiger partial charge in [-0.25, -0.2) is 0 Å². The molecule has 0 spiro atoms. The summed E-state index contributed by atoms with van der Waals surface area (Å²) in [6.07, 6.45) is 1.94. The van der Waals surface area contributed by atoms with Gasteiger partial charge in [-0.05, 0) is 29.9 Å². The van der Waals surface area contributed by atoms with Gasteiger partial charge in [0.1, 0.15) is 0 Å². The third-order valence-corrected chi connectivity index (χ3v) is 4.45. The Kier molecular flexibility index (Phi) is 4.72. The average molecular weight is 321 g/mol. The molecule has 0 unspecified atom stereocenters. The predicted molar refractivity (Wildman–Crippen MR) is 95.4 cm³/mol. The predicted octanol–water partition coefficient (Wildman–Crippen LogP) is 3.05. The first kappa shape index (κ1) is 16.3. The van der Waals surface area contributed by atoms with Crippen LogP contribution in [0, 0.1) is 0 Å². The molecule has 0 saturated carbocycles. The van der Waals surface area contributed by atoms with Crippen LogP contribution in [0.5, 0.6) is 0 Å². The number of nitrogens with zero attached hydrogens (tertiary/aromatic N) is 1. The second kappa shape index (κ2) is 6.93. The highest BCUT2D eigenvalue weighted by Gasteiger charge is 2.39. The summed E-state index contributed by atoms with van der Waals surface area (Å²) in [6, 6.07) is 18.2. The van der Waals surface area contributed by atoms with Crippen molar-refractivity contribution in [3.05, 3.63) is 72.0 Å². The summed E-state index contributed by atoms with van der Waals surface area (Å²) < 4.78 is 0. The van der Waals surface area contributed by atoms with Gasteiger partial charge in [-0.1, -0.05) is 54.6 Å². The molecule has 24 heavy (non-hydrogen) atoms. The molecule has 1 heterocycles. The summed E-state index contributed by atoms with van der Waals surface area (Å²) in [5, 5.41) is 19.1. The molecule has 0 radical (unpaired) electrons. The van der Waals surface area contributed by atoms with Gasteiger partial charge < -0.3 is 14.9 Å². The quantitative estimate of drug-likeness (QED) is 0.517. The Morgan fingerprint density at radius 1 is 1.12 bits per heavy atom. The monoisotopic (exact) mass is 321 g/mol. The SMILES string of the molecule is CB(O)N1C(=O)/C(=C/O)C[C@H]1Cc1ccc(-c2ccccc2)cc1. The lowest BCUT2D eigenvalue weighted by molar-refractivity contribution is -0.122. The maximum absolute atomic E-state index is 12.2. The highest BCUT2D eigenvalue weighted by atomic mass is 16.2. The molecule has 0 bridgehead atoms. The summed E-state index contributed by atoms with van der Waals surface area (Å²) in [4.78, 5) is 13.6. The van der Waals surface area contributed by atoms with Crippen LogP contribution in [-0.2, 0) is 11.2 Å². The van der Waals surface area contributed by atoms with Crippen LogP contribution in [0.4, 0.5) is 0 Å². The Bertz CT molecular complexity index is 741. The number of carbonyl (C=O) groups is 1. The van der Waals surface area contributed by atoms with Crippen LogP contribution < -0.4 is 0 Å². The van der Waals surface area contributed by atoms with E-state index in [1.165, 1.54) is 4.81 Å². The number of rotatable bonds is 4. The fraction of sp³-hybridized carbons (Fsp3) is 0.211. The van der Waals surface area contributed by atoms with Crippen molar-refractivity contribution in [1.82, 2.24) is 4.81 Å². The first-order valence-corrected chi connectivity index (χ1v) is 8.08. The molecule has 1 amide bonds. The van der Waals surface area contributed by atoms with Gasteiger partial charge >= 0.3 is 7.05 Å². The minimum Gasteiger partial charge on any atom is -0.515 e. The van der Waals surface area contributed by atoms with E-state index >= 15 is 0 Å². The van der Waals surface area contributed by atoms with Crippen molar-refractivity contribution in [3.8, 4) is 11.1 Å². The number of aliphatic hydroxyl groups is 1. The van der Waals surface area contributed by atoms with E-state index < -0.39 is 7.05 Å². The second-order valence-electron chi connectivity index (χ2n) is 6.12. The normalized spacial score (nSPS) is 19.1. The number of amides is 1. The van der Waals surface area contributed by atoms with Crippen molar-refractivity contribution >= 4 is 13.0 Å². The molecule has 2 aromatic carbocycles. The van der Waals surface area contributed by atoms with Crippen molar-refractivity contribution in [2.75, 3.05) is 0 Å². The summed E-state index contributed by atoms with van der Waals surface area (Å²) in [6.45, 7) is 1.57. The molecule has 1 fully saturated rings. The van der Waals surface area contributed by atoms with E-state index in [0.717, 1.165) is 23.0 Å². The molecule has 2 N–H and O–H groups in total. The highest BCUT2D eigenvalue weighted by molar-refractivity contribution is 6.50. The summed E-state index contributed by atoms with van der Waals surface area (Å²) in [5.74, 6) is -0.293. The largest absolute Gasteiger partial charge is 0.515 e. The molecule has 5 heteroatoms. The second-order valence-corrected chi connectivity index (χ2v) is 6.12. The van der Waals surface area contributed by atoms with Crippen LogP contribution in [0.15, 0.2) is 66.4 Å². The lowest BCUT2D eigenvalue weighted by Gasteiger charge is -2.25. The Hall–Kier alpha value is -2.53. The molecular formula is C19H20BNO3. The summed E-state index contributed by atoms with van der Waals surface area (Å²) in [7, 11) is -0.872. The van der Waals surface area contributed by atoms with Crippen molar-refractivity contribution < 1.29 is 14.9 Å². The molecule has 3 rings (SSSR count). The minimum atomic E-state index is -0.872. The average Bonchev–Trinajstić information content (AvgIpc) is 2.92. The molecule has 1 saturated heterocycles. The lowest BCUT2D eigenvalue weighted by atomic mass is 9.83. The zero-order valence-corrected chi connectivity index (χ0v) is 13.6. The molecule has 1 aliphatic heterocycles. The topological polar surface area (TPSA) is 60.8 Å². The van der Waals surface area contributed by atoms with Crippen molar-refractivity contribution in [2.24, 2.45) is 0 Å². The molecule has 0 aromatic heterocycles. The van der Waals surface area contributed by atoms with Gasteiger partial charge in [-0.3, -0.25) is 4.79 Å². The molecule has 2 aromatic rings. The van der Waals surface area contributed by atoms with Gasteiger partial charge in [0.15, 0.2) is 0 Å². The highest BCUT2D eigenvalue weighted by Crippen LogP contribution is 2.28. The Morgan fingerprint density at radius 3 is 2.33 bits per heavy atom. The van der Waals surface area contributed by atoms with E-state index in [0.29, 0.717) is 18.4 Å². The van der Waals surface area contributed by atoms with Gasteiger partial charge in [0.2, 0.25) is 5.91 Å². The number of hydrogen-bond acceptors (Lipinski definition) is 3. The molecular weight excluding hydrogens is 301 g/mol. The van der Waals surface area contributed by atoms with Gasteiger partial charge in [-0.15, -0.1) is 0 Å². The fourth-order valence-electron chi connectivity index (χ4n) is 3.26. The van der Waals surface area contributed by atoms with Crippen LogP contribution in [0.3, 0.4) is 0 Å². The zero-order chi connectivity index (χ0) is 17.1. The van der Waals surface area contributed by atoms with Crippen LogP contribution in [0.25, 0.3) is 11.1 Å². The Labute approximate surface area is 142 Å². The number of aliphatic hydroxyl groups excluding tert-OH is 1. The third-order valence-electron chi connectivity index (χ3n) is 4.45. The van der Waals surface area contributed by atoms with E-state index in [-0.39, 0.29) is 11.9 Å². The minimum absolute atomic E-state index is 0.140. The fourth-order valence-corrected chi connectivity index (χ4v) is 3.26. The van der Waals surface area contributed by atoms with E-state index in [9.17, 15) is 14.9 Å². The van der Waals surface area contributed by atoms with Gasteiger partial charge in [0.05, 0.1) is 11.8 Å². The molecule has 4 nitrogen and oxygen atoms in total. The smallest absolute Gasteiger partial charge is 0.412 e. The number of carbonyl (C=O) groups excluding carboxylic acids is 1. The van der Waals surface area contributed by atoms with Gasteiger partial charge in [0, 0.05) is 12.5 Å². The Balaban J connectivity index is 1.77. The van der Waals surface area contributed by atoms with Gasteiger partial charge in [0.25, 0.3) is 0 Å². The van der Waals surface area contributed by atoms with Gasteiger partial charge in [-0.2, -0.15) is 0 Å². The third kappa shape index (κ3) is 3.21. The van der Waals surface area contributed by atoms with Crippen LogP contribution in [0.1, 0.15) is 12.0 Å². The maximum Gasteiger partial charge on any atom is 0.412 e. The molecule has 1 aliphatic rings. The number of hydrogen-bond donors (Lipinski definition) is 2. The van der Waals surface area contributed by atoms with Crippen molar-refractivity contribution in [3.63, 3.8) is 0 Å². The van der Waals surface area contributed by atoms with Crippen LogP contribution in [0.2, 0.25) is 6.82 Å². The van der Waals surface area contributed by atoms with Crippen molar-refractivity contribution in [1.29, 1.82) is 0 Å². The first-order valence-electron chi connectivity index (χ1n) is 8.08. The zero-order valence-electron chi connectivity index (χ0n) is 13.6.